The van der Waals surface area contributed by atoms with E-state index in [-0.39, 0.29) is 0 Å². The molecule has 2 rings (SSSR count). The van der Waals surface area contributed by atoms with E-state index < -0.39 is 5.97 Å². The zero-order valence-corrected chi connectivity index (χ0v) is 9.37. The normalized spacial score (nSPS) is 9.75. The van der Waals surface area contributed by atoms with Gasteiger partial charge in [0.2, 0.25) is 0 Å². The molecule has 0 saturated carbocycles. The van der Waals surface area contributed by atoms with Gasteiger partial charge < -0.3 is 4.74 Å². The molecular weight excluding hydrogens is 220 g/mol. The first-order chi connectivity index (χ1) is 7.79. The van der Waals surface area contributed by atoms with E-state index in [4.69, 9.17) is 4.74 Å². The topological polar surface area (TPSA) is 26.3 Å². The second kappa shape index (κ2) is 4.77. The molecule has 0 bridgehead atoms. The van der Waals surface area contributed by atoms with Gasteiger partial charge in [-0.15, -0.1) is 0 Å². The third kappa shape index (κ3) is 2.38. The molecule has 0 unspecified atom stereocenters. The van der Waals surface area contributed by atoms with Gasteiger partial charge in [0.15, 0.2) is 0 Å². The maximum atomic E-state index is 11.0. The van der Waals surface area contributed by atoms with Crippen molar-refractivity contribution in [1.29, 1.82) is 0 Å². The lowest BCUT2D eigenvalue weighted by molar-refractivity contribution is -0.128. The Morgan fingerprint density at radius 3 is 2.50 bits per heavy atom. The molecule has 0 amide bonds. The first-order valence-corrected chi connectivity index (χ1v) is 5.71. The highest BCUT2D eigenvalue weighted by molar-refractivity contribution is 7.08. The monoisotopic (exact) mass is 230 g/mol. The third-order valence-corrected chi connectivity index (χ3v) is 2.78. The smallest absolute Gasteiger partial charge is 0.335 e. The molecule has 0 aliphatic heterocycles. The van der Waals surface area contributed by atoms with E-state index in [2.05, 4.69) is 18.0 Å². The lowest BCUT2D eigenvalue weighted by Gasteiger charge is -2.02. The molecule has 80 valence electrons. The SMILES string of the molecule is C=CC(=O)Oc1ccc(-c2ccsc2)cc1. The van der Waals surface area contributed by atoms with Crippen molar-refractivity contribution in [1.82, 2.24) is 0 Å². The molecule has 0 N–H and O–H groups in total. The van der Waals surface area contributed by atoms with E-state index in [9.17, 15) is 4.79 Å². The Bertz CT molecular complexity index is 483. The quantitative estimate of drug-likeness (QED) is 0.458. The van der Waals surface area contributed by atoms with Crippen LogP contribution >= 0.6 is 11.3 Å². The van der Waals surface area contributed by atoms with Gasteiger partial charge in [-0.2, -0.15) is 11.3 Å². The van der Waals surface area contributed by atoms with E-state index >= 15 is 0 Å². The minimum Gasteiger partial charge on any atom is -0.423 e. The van der Waals surface area contributed by atoms with Gasteiger partial charge in [-0.25, -0.2) is 4.79 Å². The van der Waals surface area contributed by atoms with Crippen molar-refractivity contribution in [3.05, 3.63) is 53.7 Å². The Morgan fingerprint density at radius 1 is 1.19 bits per heavy atom. The van der Waals surface area contributed by atoms with Gasteiger partial charge in [0.05, 0.1) is 0 Å². The molecule has 1 heterocycles. The third-order valence-electron chi connectivity index (χ3n) is 2.09. The fourth-order valence-corrected chi connectivity index (χ4v) is 1.97. The summed E-state index contributed by atoms with van der Waals surface area (Å²) in [7, 11) is 0. The number of benzene rings is 1. The van der Waals surface area contributed by atoms with Crippen LogP contribution in [0.25, 0.3) is 11.1 Å². The number of hydrogen-bond donors (Lipinski definition) is 0. The molecule has 2 aromatic rings. The number of ether oxygens (including phenoxy) is 1. The first kappa shape index (κ1) is 10.6. The van der Waals surface area contributed by atoms with E-state index in [1.54, 1.807) is 23.5 Å². The summed E-state index contributed by atoms with van der Waals surface area (Å²) < 4.78 is 4.98. The maximum absolute atomic E-state index is 11.0. The van der Waals surface area contributed by atoms with Crippen LogP contribution < -0.4 is 4.74 Å². The molecule has 0 aliphatic rings. The fourth-order valence-electron chi connectivity index (χ4n) is 1.30. The van der Waals surface area contributed by atoms with Gasteiger partial charge in [0.25, 0.3) is 0 Å². The second-order valence-electron chi connectivity index (χ2n) is 3.16. The lowest BCUT2D eigenvalue weighted by Crippen LogP contribution is -2.02. The Kier molecular flexibility index (Phi) is 3.17. The zero-order valence-electron chi connectivity index (χ0n) is 8.55. The average Bonchev–Trinajstić information content (AvgIpc) is 2.83. The van der Waals surface area contributed by atoms with Gasteiger partial charge in [-0.05, 0) is 40.1 Å². The fraction of sp³-hybridized carbons (Fsp3) is 0. The van der Waals surface area contributed by atoms with Gasteiger partial charge >= 0.3 is 5.97 Å². The molecule has 0 spiro atoms. The van der Waals surface area contributed by atoms with Crippen molar-refractivity contribution in [3.8, 4) is 16.9 Å². The highest BCUT2D eigenvalue weighted by Crippen LogP contribution is 2.24. The highest BCUT2D eigenvalue weighted by atomic mass is 32.1. The maximum Gasteiger partial charge on any atom is 0.335 e. The van der Waals surface area contributed by atoms with Crippen LogP contribution in [0.3, 0.4) is 0 Å². The molecule has 16 heavy (non-hydrogen) atoms. The first-order valence-electron chi connectivity index (χ1n) is 4.76. The lowest BCUT2D eigenvalue weighted by atomic mass is 10.1. The van der Waals surface area contributed by atoms with Gasteiger partial charge in [0, 0.05) is 6.08 Å². The van der Waals surface area contributed by atoms with Crippen molar-refractivity contribution in [3.63, 3.8) is 0 Å². The molecule has 0 radical (unpaired) electrons. The summed E-state index contributed by atoms with van der Waals surface area (Å²) in [4.78, 5) is 11.0. The second-order valence-corrected chi connectivity index (χ2v) is 3.94. The predicted octanol–water partition coefficient (Wildman–Crippen LogP) is 3.51. The molecule has 3 heteroatoms. The number of esters is 1. The molecule has 0 atom stereocenters. The Morgan fingerprint density at radius 2 is 1.94 bits per heavy atom. The van der Waals surface area contributed by atoms with Crippen LogP contribution in [0.4, 0.5) is 0 Å². The summed E-state index contributed by atoms with van der Waals surface area (Å²) in [6.45, 7) is 3.34. The number of carbonyl (C=O) groups is 1. The number of carbonyl (C=O) groups excluding carboxylic acids is 1. The molecule has 0 aliphatic carbocycles. The summed E-state index contributed by atoms with van der Waals surface area (Å²) >= 11 is 1.65. The van der Waals surface area contributed by atoms with Crippen molar-refractivity contribution < 1.29 is 9.53 Å². The van der Waals surface area contributed by atoms with Crippen LogP contribution in [0.2, 0.25) is 0 Å². The average molecular weight is 230 g/mol. The number of rotatable bonds is 3. The van der Waals surface area contributed by atoms with Crippen molar-refractivity contribution in [2.45, 2.75) is 0 Å². The largest absolute Gasteiger partial charge is 0.423 e. The molecule has 2 nitrogen and oxygen atoms in total. The van der Waals surface area contributed by atoms with Gasteiger partial charge in [-0.1, -0.05) is 18.7 Å². The Labute approximate surface area is 97.8 Å². The minimum absolute atomic E-state index is 0.441. The standard InChI is InChI=1S/C13H10O2S/c1-2-13(14)15-12-5-3-10(4-6-12)11-7-8-16-9-11/h2-9H,1H2. The highest BCUT2D eigenvalue weighted by Gasteiger charge is 2.01. The Hall–Kier alpha value is -1.87. The van der Waals surface area contributed by atoms with Gasteiger partial charge in [-0.3, -0.25) is 0 Å². The van der Waals surface area contributed by atoms with Crippen LogP contribution in [-0.4, -0.2) is 5.97 Å². The van der Waals surface area contributed by atoms with E-state index in [0.29, 0.717) is 5.75 Å². The number of hydrogen-bond acceptors (Lipinski definition) is 3. The van der Waals surface area contributed by atoms with Crippen LogP contribution in [0, 0.1) is 0 Å². The van der Waals surface area contributed by atoms with E-state index in [0.717, 1.165) is 11.6 Å². The Balaban J connectivity index is 2.17. The molecule has 1 aromatic carbocycles. The summed E-state index contributed by atoms with van der Waals surface area (Å²) in [5, 5.41) is 4.10. The van der Waals surface area contributed by atoms with Crippen LogP contribution in [0.1, 0.15) is 0 Å². The predicted molar refractivity (Wildman–Crippen MR) is 65.6 cm³/mol. The molecule has 0 saturated heterocycles. The summed E-state index contributed by atoms with van der Waals surface area (Å²) in [5.74, 6) is 0.0900. The molecule has 0 fully saturated rings. The van der Waals surface area contributed by atoms with E-state index in [1.807, 2.05) is 17.5 Å². The van der Waals surface area contributed by atoms with Gasteiger partial charge in [0.1, 0.15) is 5.75 Å². The molecule has 1 aromatic heterocycles. The molecular formula is C13H10O2S. The number of thiophene rings is 1. The minimum atomic E-state index is -0.441. The van der Waals surface area contributed by atoms with Crippen LogP contribution in [0.5, 0.6) is 5.75 Å². The zero-order chi connectivity index (χ0) is 11.4. The summed E-state index contributed by atoms with van der Waals surface area (Å²) in [6.07, 6.45) is 1.15. The van der Waals surface area contributed by atoms with Crippen LogP contribution in [-0.2, 0) is 4.79 Å². The summed E-state index contributed by atoms with van der Waals surface area (Å²) in [5.41, 5.74) is 2.28. The van der Waals surface area contributed by atoms with Crippen molar-refractivity contribution >= 4 is 17.3 Å². The summed E-state index contributed by atoms with van der Waals surface area (Å²) in [6, 6.07) is 9.44. The van der Waals surface area contributed by atoms with Crippen molar-refractivity contribution in [2.24, 2.45) is 0 Å². The van der Waals surface area contributed by atoms with Crippen LogP contribution in [0.15, 0.2) is 53.7 Å². The van der Waals surface area contributed by atoms with Crippen molar-refractivity contribution in [2.75, 3.05) is 0 Å². The van der Waals surface area contributed by atoms with E-state index in [1.165, 1.54) is 5.56 Å².